The van der Waals surface area contributed by atoms with Gasteiger partial charge in [0, 0.05) is 11.6 Å². The Hall–Kier alpha value is -2.67. The van der Waals surface area contributed by atoms with Gasteiger partial charge in [-0.3, -0.25) is 4.79 Å². The molecule has 0 aliphatic carbocycles. The summed E-state index contributed by atoms with van der Waals surface area (Å²) in [6.07, 6.45) is 1.68. The van der Waals surface area contributed by atoms with Crippen molar-refractivity contribution in [2.75, 3.05) is 6.61 Å². The molecular weight excluding hydrogens is 443 g/mol. The van der Waals surface area contributed by atoms with Crippen LogP contribution in [0, 0.1) is 0 Å². The number of aliphatic imine (C=N–C) groups is 1. The van der Waals surface area contributed by atoms with E-state index in [0.717, 1.165) is 17.0 Å². The molecule has 4 rings (SSSR count). The molecular formula is C22H16Cl2N2O3S. The Labute approximate surface area is 187 Å². The summed E-state index contributed by atoms with van der Waals surface area (Å²) in [5, 5.41) is 4.20. The van der Waals surface area contributed by atoms with Crippen LogP contribution >= 0.6 is 35.0 Å². The Kier molecular flexibility index (Phi) is 6.18. The van der Waals surface area contributed by atoms with Gasteiger partial charge in [-0.2, -0.15) is 0 Å². The molecule has 1 saturated heterocycles. The first kappa shape index (κ1) is 20.6. The van der Waals surface area contributed by atoms with Gasteiger partial charge in [-0.25, -0.2) is 4.99 Å². The van der Waals surface area contributed by atoms with Gasteiger partial charge in [-0.1, -0.05) is 23.2 Å². The van der Waals surface area contributed by atoms with E-state index in [9.17, 15) is 4.79 Å². The number of halogens is 2. The van der Waals surface area contributed by atoms with E-state index >= 15 is 0 Å². The van der Waals surface area contributed by atoms with Gasteiger partial charge in [0.05, 0.1) is 27.2 Å². The van der Waals surface area contributed by atoms with Crippen LogP contribution in [0.4, 0.5) is 5.69 Å². The second-order valence-corrected chi connectivity index (χ2v) is 8.08. The van der Waals surface area contributed by atoms with Crippen molar-refractivity contribution in [3.63, 3.8) is 0 Å². The second kappa shape index (κ2) is 9.00. The number of amides is 1. The van der Waals surface area contributed by atoms with Crippen LogP contribution in [0.2, 0.25) is 10.0 Å². The van der Waals surface area contributed by atoms with E-state index in [1.165, 1.54) is 11.8 Å². The van der Waals surface area contributed by atoms with Gasteiger partial charge in [-0.15, -0.1) is 0 Å². The Morgan fingerprint density at radius 1 is 1.10 bits per heavy atom. The third-order valence-corrected chi connectivity index (χ3v) is 5.78. The lowest BCUT2D eigenvalue weighted by atomic mass is 10.2. The van der Waals surface area contributed by atoms with Gasteiger partial charge in [-0.05, 0) is 73.3 Å². The molecule has 1 aliphatic heterocycles. The fourth-order valence-corrected chi connectivity index (χ4v) is 3.87. The zero-order valence-electron chi connectivity index (χ0n) is 15.8. The maximum atomic E-state index is 12.3. The van der Waals surface area contributed by atoms with E-state index < -0.39 is 0 Å². The van der Waals surface area contributed by atoms with Crippen LogP contribution in [-0.4, -0.2) is 17.7 Å². The van der Waals surface area contributed by atoms with Crippen LogP contribution < -0.4 is 10.1 Å². The Bertz CT molecular complexity index is 1150. The van der Waals surface area contributed by atoms with Crippen molar-refractivity contribution < 1.29 is 13.9 Å². The third kappa shape index (κ3) is 4.73. The fourth-order valence-electron chi connectivity index (χ4n) is 2.75. The minimum absolute atomic E-state index is 0.225. The average Bonchev–Trinajstić information content (AvgIpc) is 3.33. The molecule has 2 aromatic carbocycles. The Morgan fingerprint density at radius 3 is 2.63 bits per heavy atom. The summed E-state index contributed by atoms with van der Waals surface area (Å²) in [5.41, 5.74) is 1.53. The first-order valence-electron chi connectivity index (χ1n) is 9.09. The summed E-state index contributed by atoms with van der Waals surface area (Å²) in [7, 11) is 0. The summed E-state index contributed by atoms with van der Waals surface area (Å²) in [6, 6.07) is 16.2. The van der Waals surface area contributed by atoms with Crippen LogP contribution in [0.5, 0.6) is 5.75 Å². The predicted molar refractivity (Wildman–Crippen MR) is 123 cm³/mol. The topological polar surface area (TPSA) is 63.8 Å². The number of benzene rings is 2. The molecule has 1 aliphatic rings. The molecule has 0 atom stereocenters. The van der Waals surface area contributed by atoms with Gasteiger partial charge < -0.3 is 14.5 Å². The molecule has 1 aromatic heterocycles. The molecule has 0 unspecified atom stereocenters. The number of nitrogens with zero attached hydrogens (tertiary/aromatic N) is 1. The minimum Gasteiger partial charge on any atom is -0.494 e. The number of amidine groups is 1. The summed E-state index contributed by atoms with van der Waals surface area (Å²) in [6.45, 7) is 2.53. The maximum Gasteiger partial charge on any atom is 0.264 e. The van der Waals surface area contributed by atoms with Crippen molar-refractivity contribution >= 4 is 57.8 Å². The number of hydrogen-bond donors (Lipinski definition) is 1. The first-order chi connectivity index (χ1) is 14.5. The van der Waals surface area contributed by atoms with Gasteiger partial charge in [0.25, 0.3) is 5.91 Å². The normalized spacial score (nSPS) is 16.3. The molecule has 152 valence electrons. The molecule has 30 heavy (non-hydrogen) atoms. The van der Waals surface area contributed by atoms with E-state index in [0.29, 0.717) is 38.2 Å². The SMILES string of the molecule is CCOc1ccc(N=C2NC(=O)/C(=C\c3ccc(-c4ccc(Cl)c(Cl)c4)o3)S2)cc1. The van der Waals surface area contributed by atoms with E-state index in [1.807, 2.05) is 43.3 Å². The van der Waals surface area contributed by atoms with Crippen molar-refractivity contribution in [3.05, 3.63) is 75.3 Å². The van der Waals surface area contributed by atoms with Gasteiger partial charge in [0.1, 0.15) is 17.3 Å². The highest BCUT2D eigenvalue weighted by Gasteiger charge is 2.24. The fraction of sp³-hybridized carbons (Fsp3) is 0.0909. The molecule has 0 spiro atoms. The first-order valence-corrected chi connectivity index (χ1v) is 10.7. The number of rotatable bonds is 5. The molecule has 1 N–H and O–H groups in total. The molecule has 0 radical (unpaired) electrons. The van der Waals surface area contributed by atoms with Crippen molar-refractivity contribution in [1.29, 1.82) is 0 Å². The number of nitrogens with one attached hydrogen (secondary N) is 1. The van der Waals surface area contributed by atoms with Crippen LogP contribution in [0.25, 0.3) is 17.4 Å². The van der Waals surface area contributed by atoms with E-state index in [2.05, 4.69) is 10.3 Å². The summed E-state index contributed by atoms with van der Waals surface area (Å²) < 4.78 is 11.3. The average molecular weight is 459 g/mol. The number of carbonyl (C=O) groups excluding carboxylic acids is 1. The zero-order chi connectivity index (χ0) is 21.1. The van der Waals surface area contributed by atoms with E-state index in [-0.39, 0.29) is 5.91 Å². The summed E-state index contributed by atoms with van der Waals surface area (Å²) in [4.78, 5) is 17.3. The summed E-state index contributed by atoms with van der Waals surface area (Å²) in [5.74, 6) is 1.74. The number of ether oxygens (including phenoxy) is 1. The lowest BCUT2D eigenvalue weighted by Crippen LogP contribution is -2.19. The second-order valence-electron chi connectivity index (χ2n) is 6.24. The van der Waals surface area contributed by atoms with E-state index in [4.69, 9.17) is 32.4 Å². The largest absolute Gasteiger partial charge is 0.494 e. The standard InChI is InChI=1S/C22H16Cl2N2O3S/c1-2-28-15-6-4-14(5-7-15)25-22-26-21(27)20(30-22)12-16-8-10-19(29-16)13-3-9-17(23)18(24)11-13/h3-12H,2H2,1H3,(H,25,26,27)/b20-12+. The van der Waals surface area contributed by atoms with Crippen molar-refractivity contribution in [3.8, 4) is 17.1 Å². The molecule has 8 heteroatoms. The third-order valence-electron chi connectivity index (χ3n) is 4.13. The molecule has 3 aromatic rings. The number of carbonyl (C=O) groups is 1. The number of furan rings is 1. The molecule has 1 amide bonds. The van der Waals surface area contributed by atoms with Gasteiger partial charge >= 0.3 is 0 Å². The zero-order valence-corrected chi connectivity index (χ0v) is 18.1. The summed E-state index contributed by atoms with van der Waals surface area (Å²) >= 11 is 13.3. The molecule has 5 nitrogen and oxygen atoms in total. The highest BCUT2D eigenvalue weighted by atomic mass is 35.5. The number of hydrogen-bond acceptors (Lipinski definition) is 5. The number of thioether (sulfide) groups is 1. The van der Waals surface area contributed by atoms with E-state index in [1.54, 1.807) is 24.3 Å². The highest BCUT2D eigenvalue weighted by Crippen LogP contribution is 2.32. The molecule has 2 heterocycles. The maximum absolute atomic E-state index is 12.3. The predicted octanol–water partition coefficient (Wildman–Crippen LogP) is 6.54. The van der Waals surface area contributed by atoms with Gasteiger partial charge in [0.2, 0.25) is 0 Å². The highest BCUT2D eigenvalue weighted by molar-refractivity contribution is 8.18. The van der Waals surface area contributed by atoms with Crippen molar-refractivity contribution in [1.82, 2.24) is 5.32 Å². The molecule has 0 bridgehead atoms. The Balaban J connectivity index is 1.50. The quantitative estimate of drug-likeness (QED) is 0.440. The van der Waals surface area contributed by atoms with Crippen LogP contribution in [0.15, 0.2) is 68.9 Å². The monoisotopic (exact) mass is 458 g/mol. The van der Waals surface area contributed by atoms with Crippen LogP contribution in [-0.2, 0) is 4.79 Å². The molecule has 0 saturated carbocycles. The van der Waals surface area contributed by atoms with Crippen molar-refractivity contribution in [2.24, 2.45) is 4.99 Å². The lowest BCUT2D eigenvalue weighted by molar-refractivity contribution is -0.115. The lowest BCUT2D eigenvalue weighted by Gasteiger charge is -2.02. The van der Waals surface area contributed by atoms with Crippen LogP contribution in [0.1, 0.15) is 12.7 Å². The van der Waals surface area contributed by atoms with Crippen molar-refractivity contribution in [2.45, 2.75) is 6.92 Å². The smallest absolute Gasteiger partial charge is 0.264 e. The van der Waals surface area contributed by atoms with Crippen LogP contribution in [0.3, 0.4) is 0 Å². The molecule has 1 fully saturated rings. The Morgan fingerprint density at radius 2 is 1.90 bits per heavy atom. The van der Waals surface area contributed by atoms with Gasteiger partial charge in [0.15, 0.2) is 5.17 Å². The minimum atomic E-state index is -0.225.